The minimum Gasteiger partial charge on any atom is -0.0917 e. The molecule has 0 N–H and O–H groups in total. The maximum atomic E-state index is 3.33. The Bertz CT molecular complexity index is 888. The number of hydrogen-bond donors (Lipinski definition) is 0. The molecule has 0 bridgehead atoms. The molecular weight excluding hydrogens is 360 g/mol. The minimum absolute atomic E-state index is 0.755. The van der Waals surface area contributed by atoms with Gasteiger partial charge in [-0.05, 0) is 112 Å². The zero-order valence-corrected chi connectivity index (χ0v) is 18.7. The van der Waals surface area contributed by atoms with Gasteiger partial charge in [0.15, 0.2) is 0 Å². The Morgan fingerprint density at radius 2 is 1.43 bits per heavy atom. The van der Waals surface area contributed by atoms with Gasteiger partial charge in [0.1, 0.15) is 0 Å². The van der Waals surface area contributed by atoms with E-state index in [2.05, 4.69) is 86.4 Å². The van der Waals surface area contributed by atoms with E-state index in [-0.39, 0.29) is 0 Å². The number of allylic oxidation sites excluding steroid dienone is 2. The summed E-state index contributed by atoms with van der Waals surface area (Å²) in [4.78, 5) is 0. The van der Waals surface area contributed by atoms with Crippen LogP contribution in [0.25, 0.3) is 0 Å². The predicted octanol–water partition coefficient (Wildman–Crippen LogP) is 8.05. The van der Waals surface area contributed by atoms with E-state index in [1.165, 1.54) is 62.5 Å². The smallest absolute Gasteiger partial charge is 0.0249 e. The van der Waals surface area contributed by atoms with Crippen molar-refractivity contribution in [2.75, 3.05) is 0 Å². The second kappa shape index (κ2) is 10.2. The first kappa shape index (κ1) is 21.0. The SMILES string of the molecule is C/C=C/CCC1CCC2CC(c3ccc(C#Cc4ccc(C)cc4)cc3)CCC2C1. The number of rotatable bonds is 4. The summed E-state index contributed by atoms with van der Waals surface area (Å²) in [5, 5.41) is 0. The first-order valence-corrected chi connectivity index (χ1v) is 12.0. The van der Waals surface area contributed by atoms with Crippen molar-refractivity contribution >= 4 is 0 Å². The Kier molecular flexibility index (Phi) is 7.11. The molecule has 4 rings (SSSR count). The second-order valence-electron chi connectivity index (χ2n) is 9.59. The average molecular weight is 397 g/mol. The summed E-state index contributed by atoms with van der Waals surface area (Å²) in [5.74, 6) is 10.3. The van der Waals surface area contributed by atoms with Crippen molar-refractivity contribution < 1.29 is 0 Å². The van der Waals surface area contributed by atoms with Crippen LogP contribution in [0.15, 0.2) is 60.7 Å². The number of aryl methyl sites for hydroxylation is 1. The summed E-state index contributed by atoms with van der Waals surface area (Å²) < 4.78 is 0. The van der Waals surface area contributed by atoms with Gasteiger partial charge in [0.05, 0.1) is 0 Å². The number of fused-ring (bicyclic) bond motifs is 1. The van der Waals surface area contributed by atoms with E-state index in [0.717, 1.165) is 34.8 Å². The van der Waals surface area contributed by atoms with Gasteiger partial charge in [-0.2, -0.15) is 0 Å². The van der Waals surface area contributed by atoms with Crippen molar-refractivity contribution in [2.45, 2.75) is 71.1 Å². The summed E-state index contributed by atoms with van der Waals surface area (Å²) in [7, 11) is 0. The van der Waals surface area contributed by atoms with Gasteiger partial charge in [0.2, 0.25) is 0 Å². The molecule has 4 atom stereocenters. The molecule has 2 aromatic rings. The zero-order valence-electron chi connectivity index (χ0n) is 18.7. The van der Waals surface area contributed by atoms with Crippen LogP contribution >= 0.6 is 0 Å². The molecule has 4 unspecified atom stereocenters. The van der Waals surface area contributed by atoms with Crippen LogP contribution in [0, 0.1) is 36.5 Å². The van der Waals surface area contributed by atoms with E-state index >= 15 is 0 Å². The molecule has 2 aromatic carbocycles. The van der Waals surface area contributed by atoms with E-state index < -0.39 is 0 Å². The van der Waals surface area contributed by atoms with Crippen LogP contribution in [0.3, 0.4) is 0 Å². The molecule has 156 valence electrons. The summed E-state index contributed by atoms with van der Waals surface area (Å²) in [6.45, 7) is 4.25. The highest BCUT2D eigenvalue weighted by atomic mass is 14.4. The van der Waals surface area contributed by atoms with E-state index in [0.29, 0.717) is 0 Å². The third-order valence-electron chi connectivity index (χ3n) is 7.48. The highest BCUT2D eigenvalue weighted by Crippen LogP contribution is 2.48. The van der Waals surface area contributed by atoms with Crippen LogP contribution in [0.5, 0.6) is 0 Å². The first-order chi connectivity index (χ1) is 14.7. The van der Waals surface area contributed by atoms with Gasteiger partial charge < -0.3 is 0 Å². The van der Waals surface area contributed by atoms with Crippen molar-refractivity contribution in [3.63, 3.8) is 0 Å². The van der Waals surface area contributed by atoms with Crippen LogP contribution in [0.1, 0.15) is 86.5 Å². The lowest BCUT2D eigenvalue weighted by Gasteiger charge is -2.42. The fraction of sp³-hybridized carbons (Fsp3) is 0.467. The van der Waals surface area contributed by atoms with Gasteiger partial charge in [-0.15, -0.1) is 0 Å². The number of hydrogen-bond acceptors (Lipinski definition) is 0. The van der Waals surface area contributed by atoms with Gasteiger partial charge in [0, 0.05) is 11.1 Å². The molecule has 2 fully saturated rings. The molecule has 0 nitrogen and oxygen atoms in total. The highest BCUT2D eigenvalue weighted by Gasteiger charge is 2.35. The van der Waals surface area contributed by atoms with Gasteiger partial charge in [-0.3, -0.25) is 0 Å². The van der Waals surface area contributed by atoms with Crippen LogP contribution in [-0.4, -0.2) is 0 Å². The van der Waals surface area contributed by atoms with Crippen molar-refractivity contribution in [3.05, 3.63) is 82.9 Å². The van der Waals surface area contributed by atoms with Gasteiger partial charge >= 0.3 is 0 Å². The maximum absolute atomic E-state index is 3.33. The van der Waals surface area contributed by atoms with Gasteiger partial charge in [-0.1, -0.05) is 60.2 Å². The molecular formula is C30H36. The Hall–Kier alpha value is -2.26. The van der Waals surface area contributed by atoms with E-state index in [1.54, 1.807) is 0 Å². The minimum atomic E-state index is 0.755. The van der Waals surface area contributed by atoms with E-state index in [9.17, 15) is 0 Å². The van der Waals surface area contributed by atoms with Gasteiger partial charge in [0.25, 0.3) is 0 Å². The highest BCUT2D eigenvalue weighted by molar-refractivity contribution is 5.44. The van der Waals surface area contributed by atoms with Crippen LogP contribution in [0.4, 0.5) is 0 Å². The molecule has 2 aliphatic rings. The van der Waals surface area contributed by atoms with Gasteiger partial charge in [-0.25, -0.2) is 0 Å². The lowest BCUT2D eigenvalue weighted by atomic mass is 9.63. The molecule has 0 amide bonds. The second-order valence-corrected chi connectivity index (χ2v) is 9.59. The lowest BCUT2D eigenvalue weighted by Crippen LogP contribution is -2.30. The quantitative estimate of drug-likeness (QED) is 0.362. The molecule has 0 heteroatoms. The molecule has 0 aromatic heterocycles. The molecule has 2 saturated carbocycles. The van der Waals surface area contributed by atoms with E-state index in [1.807, 2.05) is 0 Å². The average Bonchev–Trinajstić information content (AvgIpc) is 2.79. The largest absolute Gasteiger partial charge is 0.0917 e. The molecule has 0 spiro atoms. The summed E-state index contributed by atoms with van der Waals surface area (Å²) >= 11 is 0. The zero-order chi connectivity index (χ0) is 20.8. The summed E-state index contributed by atoms with van der Waals surface area (Å²) in [6, 6.07) is 17.6. The molecule has 0 radical (unpaired) electrons. The lowest BCUT2D eigenvalue weighted by molar-refractivity contribution is 0.115. The maximum Gasteiger partial charge on any atom is 0.0249 e. The Labute approximate surface area is 183 Å². The molecule has 0 saturated heterocycles. The third kappa shape index (κ3) is 5.46. The standard InChI is InChI=1S/C30H36/c1-3-4-5-6-26-15-18-30-22-29(20-19-28(30)21-26)27-16-13-25(14-17-27)12-11-24-9-7-23(2)8-10-24/h3-4,7-10,13-14,16-17,26,28-30H,5-6,15,18-22H2,1-2H3/b4-3+. The van der Waals surface area contributed by atoms with Crippen molar-refractivity contribution in [1.29, 1.82) is 0 Å². The fourth-order valence-corrected chi connectivity index (χ4v) is 5.67. The molecule has 0 heterocycles. The van der Waals surface area contributed by atoms with Crippen LogP contribution in [-0.2, 0) is 0 Å². The van der Waals surface area contributed by atoms with Crippen molar-refractivity contribution in [1.82, 2.24) is 0 Å². The van der Waals surface area contributed by atoms with Crippen LogP contribution < -0.4 is 0 Å². The predicted molar refractivity (Wildman–Crippen MR) is 129 cm³/mol. The van der Waals surface area contributed by atoms with Crippen LogP contribution in [0.2, 0.25) is 0 Å². The normalized spacial score (nSPS) is 26.1. The molecule has 30 heavy (non-hydrogen) atoms. The monoisotopic (exact) mass is 396 g/mol. The molecule has 2 aliphatic carbocycles. The topological polar surface area (TPSA) is 0 Å². The molecule has 0 aliphatic heterocycles. The van der Waals surface area contributed by atoms with Crippen molar-refractivity contribution in [2.24, 2.45) is 17.8 Å². The Morgan fingerprint density at radius 3 is 2.13 bits per heavy atom. The first-order valence-electron chi connectivity index (χ1n) is 12.0. The Morgan fingerprint density at radius 1 is 0.800 bits per heavy atom. The van der Waals surface area contributed by atoms with E-state index in [4.69, 9.17) is 0 Å². The third-order valence-corrected chi connectivity index (χ3v) is 7.48. The fourth-order valence-electron chi connectivity index (χ4n) is 5.67. The van der Waals surface area contributed by atoms with Crippen molar-refractivity contribution in [3.8, 4) is 11.8 Å². The summed E-state index contributed by atoms with van der Waals surface area (Å²) in [5.41, 5.74) is 5.02. The Balaban J connectivity index is 1.32. The summed E-state index contributed by atoms with van der Waals surface area (Å²) in [6.07, 6.45) is 15.8. The number of benzene rings is 2.